The van der Waals surface area contributed by atoms with Crippen molar-refractivity contribution in [2.24, 2.45) is 0 Å². The fraction of sp³-hybridized carbons (Fsp3) is 0.286. The standard InChI is InChI=1S/C21H20F2N2O2.ClH/c1-25(2)14-7-8-19-15(9-14)16-10-18(17(23)11-20(16)27-19)24-21(26)12-3-5-13(22)6-4-12;/h3-6,10-11,14H,7-9H2,1-2H3,(H,24,26);1H. The van der Waals surface area contributed by atoms with Crippen molar-refractivity contribution in [2.45, 2.75) is 25.3 Å². The van der Waals surface area contributed by atoms with Crippen molar-refractivity contribution in [2.75, 3.05) is 19.4 Å². The molecule has 4 nitrogen and oxygen atoms in total. The topological polar surface area (TPSA) is 46.7 Å². The SMILES string of the molecule is C[NH+](C)C1CCc2oc3cc(F)c(NC(=O)c4ccc(F)cc4)cc3c2C1.[Cl-]. The maximum Gasteiger partial charge on any atom is 0.255 e. The average Bonchev–Trinajstić information content (AvgIpc) is 2.99. The first-order valence-corrected chi connectivity index (χ1v) is 9.03. The summed E-state index contributed by atoms with van der Waals surface area (Å²) in [6.45, 7) is 0. The molecule has 28 heavy (non-hydrogen) atoms. The van der Waals surface area contributed by atoms with Crippen LogP contribution in [0, 0.1) is 11.6 Å². The highest BCUT2D eigenvalue weighted by Crippen LogP contribution is 2.34. The molecule has 1 heterocycles. The van der Waals surface area contributed by atoms with E-state index < -0.39 is 17.5 Å². The summed E-state index contributed by atoms with van der Waals surface area (Å²) in [4.78, 5) is 13.7. The second kappa shape index (κ2) is 7.89. The van der Waals surface area contributed by atoms with Gasteiger partial charge in [-0.2, -0.15) is 0 Å². The zero-order chi connectivity index (χ0) is 19.1. The van der Waals surface area contributed by atoms with Gasteiger partial charge in [-0.25, -0.2) is 8.78 Å². The van der Waals surface area contributed by atoms with E-state index in [1.54, 1.807) is 6.07 Å². The van der Waals surface area contributed by atoms with Gasteiger partial charge in [0.05, 0.1) is 25.8 Å². The van der Waals surface area contributed by atoms with Gasteiger partial charge in [-0.05, 0) is 30.3 Å². The molecule has 2 N–H and O–H groups in total. The predicted octanol–water partition coefficient (Wildman–Crippen LogP) is -0.0309. The van der Waals surface area contributed by atoms with Crippen LogP contribution < -0.4 is 22.6 Å². The van der Waals surface area contributed by atoms with Crippen LogP contribution >= 0.6 is 0 Å². The summed E-state index contributed by atoms with van der Waals surface area (Å²) in [5, 5.41) is 3.43. The fourth-order valence-corrected chi connectivity index (χ4v) is 3.68. The number of amides is 1. The number of furan rings is 1. The molecule has 7 heteroatoms. The molecule has 0 bridgehead atoms. The number of hydrogen-bond donors (Lipinski definition) is 2. The lowest BCUT2D eigenvalue weighted by Gasteiger charge is -2.24. The molecular weight excluding hydrogens is 386 g/mol. The first kappa shape index (κ1) is 20.3. The number of hydrogen-bond acceptors (Lipinski definition) is 2. The van der Waals surface area contributed by atoms with E-state index in [1.807, 2.05) is 0 Å². The van der Waals surface area contributed by atoms with Gasteiger partial charge in [-0.3, -0.25) is 4.79 Å². The van der Waals surface area contributed by atoms with Crippen molar-refractivity contribution in [3.8, 4) is 0 Å². The van der Waals surface area contributed by atoms with E-state index in [-0.39, 0.29) is 23.7 Å². The average molecular weight is 407 g/mol. The second-order valence-electron chi connectivity index (χ2n) is 7.31. The number of carbonyl (C=O) groups is 1. The van der Waals surface area contributed by atoms with E-state index in [0.29, 0.717) is 11.6 Å². The molecule has 0 radical (unpaired) electrons. The highest BCUT2D eigenvalue weighted by atomic mass is 35.5. The summed E-state index contributed by atoms with van der Waals surface area (Å²) in [7, 11) is 4.26. The number of anilines is 1. The van der Waals surface area contributed by atoms with Gasteiger partial charge in [0.2, 0.25) is 0 Å². The zero-order valence-electron chi connectivity index (χ0n) is 15.6. The molecule has 0 fully saturated rings. The molecule has 1 atom stereocenters. The highest BCUT2D eigenvalue weighted by molar-refractivity contribution is 6.05. The minimum atomic E-state index is -0.557. The Morgan fingerprint density at radius 3 is 2.57 bits per heavy atom. The molecule has 1 aliphatic carbocycles. The maximum atomic E-state index is 14.5. The van der Waals surface area contributed by atoms with Gasteiger partial charge in [0.25, 0.3) is 5.91 Å². The lowest BCUT2D eigenvalue weighted by Crippen LogP contribution is -3.10. The van der Waals surface area contributed by atoms with Crippen molar-refractivity contribution >= 4 is 22.6 Å². The largest absolute Gasteiger partial charge is 1.00 e. The first-order valence-electron chi connectivity index (χ1n) is 9.03. The Balaban J connectivity index is 0.00000225. The van der Waals surface area contributed by atoms with Gasteiger partial charge < -0.3 is 27.0 Å². The molecule has 0 saturated heterocycles. The number of fused-ring (bicyclic) bond motifs is 3. The monoisotopic (exact) mass is 406 g/mol. The minimum absolute atomic E-state index is 0. The van der Waals surface area contributed by atoms with E-state index >= 15 is 0 Å². The zero-order valence-corrected chi connectivity index (χ0v) is 16.4. The normalized spacial score (nSPS) is 16.0. The molecule has 2 aromatic carbocycles. The van der Waals surface area contributed by atoms with E-state index in [0.717, 1.165) is 36.0 Å². The van der Waals surface area contributed by atoms with Crippen LogP contribution in [0.1, 0.15) is 28.1 Å². The third kappa shape index (κ3) is 3.75. The van der Waals surface area contributed by atoms with Crippen molar-refractivity contribution in [1.29, 1.82) is 0 Å². The van der Waals surface area contributed by atoms with Crippen LogP contribution in [0.2, 0.25) is 0 Å². The molecular formula is C21H21ClF2N2O2. The Kier molecular flexibility index (Phi) is 5.72. The number of carbonyl (C=O) groups excluding carboxylic acids is 1. The number of halogens is 3. The van der Waals surface area contributed by atoms with Gasteiger partial charge in [0.1, 0.15) is 23.0 Å². The molecule has 1 aromatic heterocycles. The lowest BCUT2D eigenvalue weighted by molar-refractivity contribution is -0.886. The molecule has 1 unspecified atom stereocenters. The Morgan fingerprint density at radius 2 is 1.89 bits per heavy atom. The second-order valence-corrected chi connectivity index (χ2v) is 7.31. The minimum Gasteiger partial charge on any atom is -1.00 e. The Bertz CT molecular complexity index is 1020. The third-order valence-electron chi connectivity index (χ3n) is 5.31. The molecule has 1 amide bonds. The number of rotatable bonds is 3. The van der Waals surface area contributed by atoms with E-state index in [9.17, 15) is 13.6 Å². The summed E-state index contributed by atoms with van der Waals surface area (Å²) >= 11 is 0. The third-order valence-corrected chi connectivity index (χ3v) is 5.31. The number of aryl methyl sites for hydroxylation is 1. The Labute approximate surface area is 167 Å². The molecule has 0 aliphatic heterocycles. The van der Waals surface area contributed by atoms with E-state index in [2.05, 4.69) is 19.4 Å². The van der Waals surface area contributed by atoms with Gasteiger partial charge in [-0.1, -0.05) is 0 Å². The van der Waals surface area contributed by atoms with Crippen LogP contribution in [-0.2, 0) is 12.8 Å². The van der Waals surface area contributed by atoms with Gasteiger partial charge >= 0.3 is 0 Å². The summed E-state index contributed by atoms with van der Waals surface area (Å²) in [6.07, 6.45) is 2.73. The first-order chi connectivity index (χ1) is 12.9. The number of benzene rings is 2. The molecule has 3 aromatic rings. The van der Waals surface area contributed by atoms with Crippen LogP contribution in [-0.4, -0.2) is 26.0 Å². The van der Waals surface area contributed by atoms with E-state index in [1.165, 1.54) is 35.2 Å². The Hall–Kier alpha value is -2.44. The molecule has 1 aliphatic rings. The number of likely N-dealkylation sites (N-methyl/N-ethyl adjacent to an activating group) is 1. The molecule has 0 saturated carbocycles. The summed E-state index contributed by atoms with van der Waals surface area (Å²) in [5.41, 5.74) is 1.97. The van der Waals surface area contributed by atoms with Gasteiger partial charge in [0, 0.05) is 41.8 Å². The quantitative estimate of drug-likeness (QED) is 0.641. The van der Waals surface area contributed by atoms with Gasteiger partial charge in [0.15, 0.2) is 0 Å². The molecule has 4 rings (SSSR count). The van der Waals surface area contributed by atoms with Crippen LogP contribution in [0.3, 0.4) is 0 Å². The van der Waals surface area contributed by atoms with Crippen molar-refractivity contribution in [1.82, 2.24) is 0 Å². The summed E-state index contributed by atoms with van der Waals surface area (Å²) in [6, 6.07) is 8.58. The van der Waals surface area contributed by atoms with Crippen molar-refractivity contribution in [3.05, 3.63) is 64.9 Å². The van der Waals surface area contributed by atoms with Crippen LogP contribution in [0.15, 0.2) is 40.8 Å². The Morgan fingerprint density at radius 1 is 1.18 bits per heavy atom. The predicted molar refractivity (Wildman–Crippen MR) is 99.1 cm³/mol. The fourth-order valence-electron chi connectivity index (χ4n) is 3.68. The van der Waals surface area contributed by atoms with Crippen LogP contribution in [0.5, 0.6) is 0 Å². The van der Waals surface area contributed by atoms with Crippen molar-refractivity contribution in [3.63, 3.8) is 0 Å². The maximum absolute atomic E-state index is 14.5. The smallest absolute Gasteiger partial charge is 0.255 e. The summed E-state index contributed by atoms with van der Waals surface area (Å²) in [5.74, 6) is -0.564. The van der Waals surface area contributed by atoms with Gasteiger partial charge in [-0.15, -0.1) is 0 Å². The van der Waals surface area contributed by atoms with Crippen molar-refractivity contribution < 1.29 is 35.3 Å². The highest BCUT2D eigenvalue weighted by Gasteiger charge is 2.28. The molecule has 0 spiro atoms. The lowest BCUT2D eigenvalue weighted by atomic mass is 9.91. The van der Waals surface area contributed by atoms with E-state index in [4.69, 9.17) is 4.42 Å². The van der Waals surface area contributed by atoms with Crippen LogP contribution in [0.25, 0.3) is 11.0 Å². The number of nitrogens with one attached hydrogen (secondary N) is 2. The summed E-state index contributed by atoms with van der Waals surface area (Å²) < 4.78 is 33.4. The molecule has 148 valence electrons. The van der Waals surface area contributed by atoms with Crippen LogP contribution in [0.4, 0.5) is 14.5 Å². The number of quaternary nitrogens is 1.